The van der Waals surface area contributed by atoms with Crippen molar-refractivity contribution in [3.05, 3.63) is 107 Å². The molecule has 1 aliphatic carbocycles. The highest BCUT2D eigenvalue weighted by Crippen LogP contribution is 2.37. The molecule has 0 amide bonds. The number of nitrogens with zero attached hydrogens (tertiary/aromatic N) is 3. The highest BCUT2D eigenvalue weighted by Gasteiger charge is 2.19. The molecule has 172 valence electrons. The molecule has 36 heavy (non-hydrogen) atoms. The largest absolute Gasteiger partial charge is 0.456 e. The molecule has 5 heteroatoms. The predicted octanol–water partition coefficient (Wildman–Crippen LogP) is 8.38. The highest BCUT2D eigenvalue weighted by molar-refractivity contribution is 6.33. The van der Waals surface area contributed by atoms with Gasteiger partial charge in [0.15, 0.2) is 17.5 Å². The van der Waals surface area contributed by atoms with Crippen LogP contribution in [-0.4, -0.2) is 15.0 Å². The SMILES string of the molecule is Clc1ccccc1-c1nc(-c2ccc3c(c2)CCC=C3)nc(-c2cccc3oc4ccccc4c23)n1. The van der Waals surface area contributed by atoms with E-state index in [1.54, 1.807) is 0 Å². The second-order valence-electron chi connectivity index (χ2n) is 8.92. The Morgan fingerprint density at radius 2 is 1.44 bits per heavy atom. The van der Waals surface area contributed by atoms with Crippen molar-refractivity contribution in [1.29, 1.82) is 0 Å². The number of halogens is 1. The van der Waals surface area contributed by atoms with Crippen molar-refractivity contribution in [1.82, 2.24) is 15.0 Å². The lowest BCUT2D eigenvalue weighted by Gasteiger charge is -2.13. The van der Waals surface area contributed by atoms with Crippen LogP contribution in [0.1, 0.15) is 17.5 Å². The van der Waals surface area contributed by atoms with Gasteiger partial charge in [-0.05, 0) is 54.3 Å². The molecule has 0 N–H and O–H groups in total. The fraction of sp³-hybridized carbons (Fsp3) is 0.0645. The van der Waals surface area contributed by atoms with E-state index in [4.69, 9.17) is 31.0 Å². The first-order valence-corrected chi connectivity index (χ1v) is 12.3. The van der Waals surface area contributed by atoms with Crippen LogP contribution in [0.3, 0.4) is 0 Å². The lowest BCUT2D eigenvalue weighted by atomic mass is 9.95. The fourth-order valence-electron chi connectivity index (χ4n) is 4.92. The molecule has 0 aliphatic heterocycles. The van der Waals surface area contributed by atoms with Gasteiger partial charge < -0.3 is 4.42 Å². The van der Waals surface area contributed by atoms with E-state index in [0.717, 1.165) is 51.5 Å². The molecule has 2 heterocycles. The minimum atomic E-state index is 0.544. The van der Waals surface area contributed by atoms with Crippen LogP contribution in [0.2, 0.25) is 5.02 Å². The molecule has 0 saturated carbocycles. The Morgan fingerprint density at radius 3 is 2.36 bits per heavy atom. The summed E-state index contributed by atoms with van der Waals surface area (Å²) < 4.78 is 6.13. The summed E-state index contributed by atoms with van der Waals surface area (Å²) in [5.74, 6) is 1.75. The third-order valence-corrected chi connectivity index (χ3v) is 7.00. The number of para-hydroxylation sites is 1. The van der Waals surface area contributed by atoms with Crippen molar-refractivity contribution >= 4 is 39.6 Å². The molecule has 0 bridgehead atoms. The zero-order valence-corrected chi connectivity index (χ0v) is 20.0. The number of hydrogen-bond donors (Lipinski definition) is 0. The second kappa shape index (κ2) is 8.43. The van der Waals surface area contributed by atoms with Gasteiger partial charge in [-0.1, -0.05) is 78.4 Å². The molecule has 7 rings (SSSR count). The molecular formula is C31H20ClN3O. The number of benzene rings is 4. The summed E-state index contributed by atoms with van der Waals surface area (Å²) in [6.45, 7) is 0. The van der Waals surface area contributed by atoms with Gasteiger partial charge in [-0.3, -0.25) is 0 Å². The summed E-state index contributed by atoms with van der Waals surface area (Å²) in [4.78, 5) is 14.8. The van der Waals surface area contributed by atoms with Gasteiger partial charge in [0.1, 0.15) is 11.2 Å². The number of hydrogen-bond acceptors (Lipinski definition) is 4. The number of rotatable bonds is 3. The summed E-state index contributed by atoms with van der Waals surface area (Å²) in [6.07, 6.45) is 6.45. The molecule has 2 aromatic heterocycles. The third kappa shape index (κ3) is 3.50. The van der Waals surface area contributed by atoms with Gasteiger partial charge in [0, 0.05) is 27.5 Å². The topological polar surface area (TPSA) is 51.8 Å². The first-order chi connectivity index (χ1) is 17.7. The molecule has 1 aliphatic rings. The number of aryl methyl sites for hydroxylation is 1. The molecular weight excluding hydrogens is 466 g/mol. The molecule has 0 fully saturated rings. The monoisotopic (exact) mass is 485 g/mol. The quantitative estimate of drug-likeness (QED) is 0.252. The Bertz CT molecular complexity index is 1820. The molecule has 0 saturated heterocycles. The summed E-state index contributed by atoms with van der Waals surface area (Å²) in [6, 6.07) is 28.1. The summed E-state index contributed by atoms with van der Waals surface area (Å²) in [7, 11) is 0. The zero-order chi connectivity index (χ0) is 24.1. The Hall–Kier alpha value is -4.28. The molecule has 0 atom stereocenters. The van der Waals surface area contributed by atoms with E-state index in [1.807, 2.05) is 60.7 Å². The van der Waals surface area contributed by atoms with Crippen LogP contribution in [0.25, 0.3) is 62.2 Å². The van der Waals surface area contributed by atoms with Crippen molar-refractivity contribution < 1.29 is 4.42 Å². The van der Waals surface area contributed by atoms with Crippen LogP contribution in [-0.2, 0) is 6.42 Å². The summed E-state index contributed by atoms with van der Waals surface area (Å²) in [5.41, 5.74) is 6.83. The van der Waals surface area contributed by atoms with E-state index in [2.05, 4.69) is 36.4 Å². The van der Waals surface area contributed by atoms with Gasteiger partial charge in [0.05, 0.1) is 5.02 Å². The highest BCUT2D eigenvalue weighted by atomic mass is 35.5. The van der Waals surface area contributed by atoms with E-state index >= 15 is 0 Å². The Morgan fingerprint density at radius 1 is 0.694 bits per heavy atom. The third-order valence-electron chi connectivity index (χ3n) is 6.67. The fourth-order valence-corrected chi connectivity index (χ4v) is 5.14. The van der Waals surface area contributed by atoms with E-state index in [9.17, 15) is 0 Å². The lowest BCUT2D eigenvalue weighted by molar-refractivity contribution is 0.669. The van der Waals surface area contributed by atoms with Crippen LogP contribution in [0.5, 0.6) is 0 Å². The predicted molar refractivity (Wildman–Crippen MR) is 146 cm³/mol. The molecule has 0 unspecified atom stereocenters. The lowest BCUT2D eigenvalue weighted by Crippen LogP contribution is -2.02. The molecule has 4 aromatic carbocycles. The molecule has 4 nitrogen and oxygen atoms in total. The van der Waals surface area contributed by atoms with Crippen LogP contribution in [0.4, 0.5) is 0 Å². The molecule has 6 aromatic rings. The van der Waals surface area contributed by atoms with Crippen molar-refractivity contribution in [3.63, 3.8) is 0 Å². The normalized spacial score (nSPS) is 12.8. The van der Waals surface area contributed by atoms with Crippen LogP contribution < -0.4 is 0 Å². The van der Waals surface area contributed by atoms with Crippen LogP contribution in [0, 0.1) is 0 Å². The average Bonchev–Trinajstić information content (AvgIpc) is 3.32. The first-order valence-electron chi connectivity index (χ1n) is 12.0. The maximum absolute atomic E-state index is 6.58. The van der Waals surface area contributed by atoms with Crippen molar-refractivity contribution in [2.24, 2.45) is 0 Å². The van der Waals surface area contributed by atoms with Crippen LogP contribution in [0.15, 0.2) is 95.4 Å². The second-order valence-corrected chi connectivity index (χ2v) is 9.32. The maximum Gasteiger partial charge on any atom is 0.165 e. The number of furan rings is 1. The van der Waals surface area contributed by atoms with E-state index in [1.165, 1.54) is 11.1 Å². The standard InChI is InChI=1S/C31H20ClN3O/c32-25-13-5-3-10-22(25)30-33-29(21-17-16-19-8-1-2-9-20(19)18-21)34-31(35-30)24-12-7-15-27-28(24)23-11-4-6-14-26(23)36-27/h1,3-8,10-18H,2,9H2. The van der Waals surface area contributed by atoms with Crippen molar-refractivity contribution in [3.8, 4) is 34.2 Å². The van der Waals surface area contributed by atoms with Gasteiger partial charge in [-0.15, -0.1) is 0 Å². The van der Waals surface area contributed by atoms with E-state index in [-0.39, 0.29) is 0 Å². The number of aromatic nitrogens is 3. The average molecular weight is 486 g/mol. The summed E-state index contributed by atoms with van der Waals surface area (Å²) >= 11 is 6.58. The maximum atomic E-state index is 6.58. The Kier molecular flexibility index (Phi) is 4.93. The smallest absolute Gasteiger partial charge is 0.165 e. The van der Waals surface area contributed by atoms with Gasteiger partial charge in [-0.25, -0.2) is 15.0 Å². The van der Waals surface area contributed by atoms with E-state index in [0.29, 0.717) is 22.5 Å². The minimum absolute atomic E-state index is 0.544. The minimum Gasteiger partial charge on any atom is -0.456 e. The van der Waals surface area contributed by atoms with Gasteiger partial charge in [-0.2, -0.15) is 0 Å². The number of allylic oxidation sites excluding steroid dienone is 1. The zero-order valence-electron chi connectivity index (χ0n) is 19.3. The van der Waals surface area contributed by atoms with Crippen molar-refractivity contribution in [2.75, 3.05) is 0 Å². The van der Waals surface area contributed by atoms with Gasteiger partial charge >= 0.3 is 0 Å². The van der Waals surface area contributed by atoms with Crippen LogP contribution >= 0.6 is 11.6 Å². The molecule has 0 spiro atoms. The van der Waals surface area contributed by atoms with Gasteiger partial charge in [0.2, 0.25) is 0 Å². The Labute approximate surface area is 212 Å². The number of fused-ring (bicyclic) bond motifs is 4. The van der Waals surface area contributed by atoms with E-state index < -0.39 is 0 Å². The first kappa shape index (κ1) is 21.0. The van der Waals surface area contributed by atoms with Crippen molar-refractivity contribution in [2.45, 2.75) is 12.8 Å². The Balaban J connectivity index is 1.50. The molecule has 0 radical (unpaired) electrons. The summed E-state index contributed by atoms with van der Waals surface area (Å²) in [5, 5.41) is 2.62. The van der Waals surface area contributed by atoms with Gasteiger partial charge in [0.25, 0.3) is 0 Å².